The molecular weight excluding hydrogens is 432 g/mol. The van der Waals surface area contributed by atoms with Crippen LogP contribution in [0, 0.1) is 0 Å². The lowest BCUT2D eigenvalue weighted by molar-refractivity contribution is -0.128. The van der Waals surface area contributed by atoms with Crippen LogP contribution < -0.4 is 15.0 Å². The average Bonchev–Trinajstić information content (AvgIpc) is 3.38. The summed E-state index contributed by atoms with van der Waals surface area (Å²) < 4.78 is 30.1. The van der Waals surface area contributed by atoms with E-state index >= 15 is 0 Å². The monoisotopic (exact) mass is 464 g/mol. The lowest BCUT2D eigenvalue weighted by Crippen LogP contribution is -2.57. The van der Waals surface area contributed by atoms with Gasteiger partial charge in [0.25, 0.3) is 0 Å². The van der Waals surface area contributed by atoms with E-state index in [1.54, 1.807) is 4.90 Å². The second-order valence-corrected chi connectivity index (χ2v) is 11.1. The van der Waals surface area contributed by atoms with Crippen molar-refractivity contribution in [2.24, 2.45) is 0 Å². The molecule has 0 spiro atoms. The summed E-state index contributed by atoms with van der Waals surface area (Å²) in [7, 11) is -1.17. The van der Waals surface area contributed by atoms with E-state index in [0.29, 0.717) is 51.4 Å². The number of anilines is 1. The highest BCUT2D eigenvalue weighted by Crippen LogP contribution is 2.29. The van der Waals surface area contributed by atoms with Crippen LogP contribution in [0.15, 0.2) is 12.7 Å². The minimum absolute atomic E-state index is 0.105. The number of amides is 1. The molecule has 3 aliphatic rings. The van der Waals surface area contributed by atoms with Crippen molar-refractivity contribution in [3.8, 4) is 6.01 Å². The fraction of sp³-hybridized carbons (Fsp3) is 0.667. The van der Waals surface area contributed by atoms with Crippen molar-refractivity contribution in [1.29, 1.82) is 0 Å². The van der Waals surface area contributed by atoms with Gasteiger partial charge in [-0.05, 0) is 32.5 Å². The molecule has 1 N–H and O–H groups in total. The molecule has 2 fully saturated rings. The largest absolute Gasteiger partial charge is 0.462 e. The number of fused-ring (bicyclic) bond motifs is 1. The number of likely N-dealkylation sites (tertiary alicyclic amines) is 1. The van der Waals surface area contributed by atoms with Crippen molar-refractivity contribution in [3.63, 3.8) is 0 Å². The molecule has 0 unspecified atom stereocenters. The Labute approximate surface area is 189 Å². The summed E-state index contributed by atoms with van der Waals surface area (Å²) in [6, 6.07) is 0.244. The summed E-state index contributed by atoms with van der Waals surface area (Å²) in [6.07, 6.45) is 4.70. The van der Waals surface area contributed by atoms with Gasteiger partial charge in [-0.3, -0.25) is 4.79 Å². The molecule has 1 amide bonds. The zero-order chi connectivity index (χ0) is 22.9. The lowest BCUT2D eigenvalue weighted by Gasteiger charge is -2.41. The maximum Gasteiger partial charge on any atom is 0.318 e. The third-order valence-electron chi connectivity index (χ3n) is 6.46. The quantitative estimate of drug-likeness (QED) is 0.549. The van der Waals surface area contributed by atoms with Gasteiger partial charge in [-0.1, -0.05) is 6.58 Å². The van der Waals surface area contributed by atoms with Crippen LogP contribution in [-0.2, 0) is 27.7 Å². The Kier molecular flexibility index (Phi) is 6.68. The number of nitrogens with zero attached hydrogens (tertiary/aromatic N) is 5. The number of nitrogens with one attached hydrogen (secondary N) is 1. The number of rotatable bonds is 7. The van der Waals surface area contributed by atoms with E-state index in [1.165, 1.54) is 18.8 Å². The third kappa shape index (κ3) is 5.05. The molecule has 0 radical (unpaired) electrons. The summed E-state index contributed by atoms with van der Waals surface area (Å²) in [5.74, 6) is 0.406. The van der Waals surface area contributed by atoms with Gasteiger partial charge >= 0.3 is 6.01 Å². The summed E-state index contributed by atoms with van der Waals surface area (Å²) >= 11 is 0. The summed E-state index contributed by atoms with van der Waals surface area (Å²) in [6.45, 7) is 7.80. The standard InChI is InChI=1S/C21H32N6O4S/c1-4-19(28)27-9-8-26(12-16(27)14-32(3,29)30)20-17-10-22-11-18(17)23-21(24-20)31-13-15-6-5-7-25(15)2/h4,15-16,22H,1,5-14H2,2-3H3/t15-,16+/m0/s1. The first-order valence-electron chi connectivity index (χ1n) is 11.0. The highest BCUT2D eigenvalue weighted by Gasteiger charge is 2.34. The number of aromatic nitrogens is 2. The van der Waals surface area contributed by atoms with Crippen molar-refractivity contribution < 1.29 is 17.9 Å². The van der Waals surface area contributed by atoms with Crippen LogP contribution in [0.3, 0.4) is 0 Å². The van der Waals surface area contributed by atoms with E-state index in [4.69, 9.17) is 9.72 Å². The Morgan fingerprint density at radius 3 is 2.75 bits per heavy atom. The summed E-state index contributed by atoms with van der Waals surface area (Å²) in [5.41, 5.74) is 1.92. The second-order valence-electron chi connectivity index (χ2n) is 8.87. The fourth-order valence-corrected chi connectivity index (χ4v) is 5.75. The normalized spacial score (nSPS) is 23.9. The van der Waals surface area contributed by atoms with Crippen LogP contribution in [0.2, 0.25) is 0 Å². The minimum atomic E-state index is -3.28. The first-order chi connectivity index (χ1) is 15.2. The number of sulfone groups is 1. The molecule has 176 valence electrons. The smallest absolute Gasteiger partial charge is 0.318 e. The lowest BCUT2D eigenvalue weighted by atomic mass is 10.1. The van der Waals surface area contributed by atoms with E-state index < -0.39 is 15.9 Å². The van der Waals surface area contributed by atoms with Crippen molar-refractivity contribution in [1.82, 2.24) is 25.1 Å². The molecular formula is C21H32N6O4S. The molecule has 0 bridgehead atoms. The molecule has 2 atom stereocenters. The molecule has 3 aliphatic heterocycles. The van der Waals surface area contributed by atoms with Crippen molar-refractivity contribution in [2.45, 2.75) is 38.0 Å². The van der Waals surface area contributed by atoms with Crippen molar-refractivity contribution in [2.75, 3.05) is 56.7 Å². The van der Waals surface area contributed by atoms with Crippen molar-refractivity contribution >= 4 is 21.6 Å². The SMILES string of the molecule is C=CC(=O)N1CCN(c2nc(OC[C@@H]3CCCN3C)nc3c2CNC3)C[C@@H]1CS(C)(=O)=O. The molecule has 1 aromatic rings. The number of hydrogen-bond acceptors (Lipinski definition) is 9. The molecule has 0 aliphatic carbocycles. The predicted molar refractivity (Wildman–Crippen MR) is 121 cm³/mol. The highest BCUT2D eigenvalue weighted by molar-refractivity contribution is 7.90. The molecule has 10 nitrogen and oxygen atoms in total. The number of likely N-dealkylation sites (N-methyl/N-ethyl adjacent to an activating group) is 1. The molecule has 11 heteroatoms. The number of carbonyl (C=O) groups is 1. The number of ether oxygens (including phenoxy) is 1. The van der Waals surface area contributed by atoms with E-state index in [9.17, 15) is 13.2 Å². The van der Waals surface area contributed by atoms with E-state index in [1.807, 2.05) is 0 Å². The zero-order valence-electron chi connectivity index (χ0n) is 18.8. The molecule has 1 aromatic heterocycles. The fourth-order valence-electron chi connectivity index (χ4n) is 4.76. The molecule has 32 heavy (non-hydrogen) atoms. The summed E-state index contributed by atoms with van der Waals surface area (Å²) in [4.78, 5) is 27.6. The van der Waals surface area contributed by atoms with Gasteiger partial charge in [-0.25, -0.2) is 8.42 Å². The van der Waals surface area contributed by atoms with Gasteiger partial charge in [0, 0.05) is 50.6 Å². The molecule has 4 heterocycles. The van der Waals surface area contributed by atoms with Gasteiger partial charge < -0.3 is 24.8 Å². The Balaban J connectivity index is 1.57. The van der Waals surface area contributed by atoms with Gasteiger partial charge in [0.05, 0.1) is 17.5 Å². The first-order valence-corrected chi connectivity index (χ1v) is 13.1. The van der Waals surface area contributed by atoms with Crippen LogP contribution >= 0.6 is 0 Å². The van der Waals surface area contributed by atoms with Crippen LogP contribution in [0.25, 0.3) is 0 Å². The number of hydrogen-bond donors (Lipinski definition) is 1. The van der Waals surface area contributed by atoms with Gasteiger partial charge in [-0.2, -0.15) is 9.97 Å². The van der Waals surface area contributed by atoms with Gasteiger partial charge in [0.2, 0.25) is 5.91 Å². The molecule has 2 saturated heterocycles. The van der Waals surface area contributed by atoms with E-state index in [0.717, 1.165) is 30.0 Å². The highest BCUT2D eigenvalue weighted by atomic mass is 32.2. The van der Waals surface area contributed by atoms with Gasteiger partial charge in [-0.15, -0.1) is 0 Å². The second kappa shape index (κ2) is 9.32. The number of piperazine rings is 1. The van der Waals surface area contributed by atoms with Crippen LogP contribution in [0.5, 0.6) is 6.01 Å². The van der Waals surface area contributed by atoms with Gasteiger partial charge in [0.15, 0.2) is 0 Å². The average molecular weight is 465 g/mol. The summed E-state index contributed by atoms with van der Waals surface area (Å²) in [5, 5.41) is 3.32. The van der Waals surface area contributed by atoms with Crippen molar-refractivity contribution in [3.05, 3.63) is 23.9 Å². The van der Waals surface area contributed by atoms with Crippen LogP contribution in [0.4, 0.5) is 5.82 Å². The Morgan fingerprint density at radius 2 is 2.06 bits per heavy atom. The third-order valence-corrected chi connectivity index (χ3v) is 7.45. The van der Waals surface area contributed by atoms with Crippen LogP contribution in [-0.4, -0.2) is 98.0 Å². The molecule has 4 rings (SSSR count). The van der Waals surface area contributed by atoms with E-state index in [-0.39, 0.29) is 11.7 Å². The number of carbonyl (C=O) groups excluding carboxylic acids is 1. The Bertz CT molecular complexity index is 985. The van der Waals surface area contributed by atoms with Crippen LogP contribution in [0.1, 0.15) is 24.1 Å². The first kappa shape index (κ1) is 22.9. The Hall–Kier alpha value is -2.24. The molecule has 0 aromatic carbocycles. The maximum atomic E-state index is 12.3. The minimum Gasteiger partial charge on any atom is -0.462 e. The zero-order valence-corrected chi connectivity index (χ0v) is 19.6. The molecule has 0 saturated carbocycles. The predicted octanol–water partition coefficient (Wildman–Crippen LogP) is -0.199. The topological polar surface area (TPSA) is 108 Å². The maximum absolute atomic E-state index is 12.3. The van der Waals surface area contributed by atoms with Gasteiger partial charge in [0.1, 0.15) is 22.3 Å². The Morgan fingerprint density at radius 1 is 1.25 bits per heavy atom. The van der Waals surface area contributed by atoms with E-state index in [2.05, 4.69) is 33.7 Å².